The van der Waals surface area contributed by atoms with Crippen LogP contribution < -0.4 is 5.43 Å². The predicted octanol–water partition coefficient (Wildman–Crippen LogP) is 1.27. The lowest BCUT2D eigenvalue weighted by molar-refractivity contribution is 0.601. The van der Waals surface area contributed by atoms with Gasteiger partial charge in [-0.2, -0.15) is 5.10 Å². The second kappa shape index (κ2) is 5.21. The average molecular weight is 309 g/mol. The molecule has 0 saturated carbocycles. The van der Waals surface area contributed by atoms with Gasteiger partial charge in [0.1, 0.15) is 0 Å². The van der Waals surface area contributed by atoms with Gasteiger partial charge in [0.25, 0.3) is 0 Å². The van der Waals surface area contributed by atoms with Gasteiger partial charge in [0.05, 0.1) is 23.3 Å². The normalized spacial score (nSPS) is 28.1. The summed E-state index contributed by atoms with van der Waals surface area (Å²) in [6.07, 6.45) is 0. The molecule has 0 amide bonds. The maximum Gasteiger partial charge on any atom is 0.177 e. The third-order valence-corrected chi connectivity index (χ3v) is 6.46. The summed E-state index contributed by atoms with van der Waals surface area (Å²) < 4.78 is 22.9. The van der Waals surface area contributed by atoms with Crippen molar-refractivity contribution in [2.45, 2.75) is 18.2 Å². The molecule has 106 valence electrons. The Hall–Kier alpha value is -1.34. The zero-order chi connectivity index (χ0) is 14.2. The number of amidine groups is 1. The van der Waals surface area contributed by atoms with Crippen LogP contribution in [0.15, 0.2) is 40.4 Å². The molecule has 2 aliphatic heterocycles. The van der Waals surface area contributed by atoms with Crippen molar-refractivity contribution in [1.29, 1.82) is 0 Å². The summed E-state index contributed by atoms with van der Waals surface area (Å²) in [5, 5.41) is 5.07. The van der Waals surface area contributed by atoms with Crippen molar-refractivity contribution in [2.75, 3.05) is 11.5 Å². The molecule has 2 atom stereocenters. The number of thioether (sulfide) groups is 1. The number of nitrogens with one attached hydrogen (secondary N) is 1. The highest BCUT2D eigenvalue weighted by Crippen LogP contribution is 2.33. The summed E-state index contributed by atoms with van der Waals surface area (Å²) in [4.78, 5) is 4.39. The maximum absolute atomic E-state index is 11.5. The van der Waals surface area contributed by atoms with Gasteiger partial charge in [-0.3, -0.25) is 10.4 Å². The predicted molar refractivity (Wildman–Crippen MR) is 83.0 cm³/mol. The Labute approximate surface area is 122 Å². The van der Waals surface area contributed by atoms with Crippen LogP contribution in [0.3, 0.4) is 0 Å². The lowest BCUT2D eigenvalue weighted by Gasteiger charge is -2.04. The van der Waals surface area contributed by atoms with Gasteiger partial charge in [0, 0.05) is 5.25 Å². The summed E-state index contributed by atoms with van der Waals surface area (Å²) in [6.45, 7) is 1.92. The van der Waals surface area contributed by atoms with Crippen LogP contribution >= 0.6 is 11.8 Å². The number of fused-ring (bicyclic) bond motifs is 1. The molecule has 5 nitrogen and oxygen atoms in total. The van der Waals surface area contributed by atoms with Crippen molar-refractivity contribution < 1.29 is 8.42 Å². The van der Waals surface area contributed by atoms with Crippen LogP contribution in [0.25, 0.3) is 0 Å². The number of hydrogen-bond donors (Lipinski definition) is 1. The average Bonchev–Trinajstić information content (AvgIpc) is 2.90. The molecule has 0 aromatic heterocycles. The van der Waals surface area contributed by atoms with Gasteiger partial charge in [-0.1, -0.05) is 42.1 Å². The fraction of sp³-hybridized carbons (Fsp3) is 0.385. The van der Waals surface area contributed by atoms with Crippen LogP contribution in [0.4, 0.5) is 0 Å². The minimum absolute atomic E-state index is 0.0507. The second-order valence-electron chi connectivity index (χ2n) is 4.91. The Balaban J connectivity index is 1.66. The number of rotatable bonds is 2. The summed E-state index contributed by atoms with van der Waals surface area (Å²) in [6, 6.07) is 9.76. The van der Waals surface area contributed by atoms with E-state index in [1.54, 1.807) is 0 Å². The number of benzene rings is 1. The molecule has 0 aliphatic carbocycles. The molecule has 2 aliphatic rings. The Kier molecular flexibility index (Phi) is 3.55. The molecule has 7 heteroatoms. The van der Waals surface area contributed by atoms with Crippen molar-refractivity contribution >= 4 is 32.5 Å². The topological polar surface area (TPSA) is 70.9 Å². The van der Waals surface area contributed by atoms with Crippen LogP contribution in [0.1, 0.15) is 12.5 Å². The Morgan fingerprint density at radius 1 is 1.35 bits per heavy atom. The van der Waals surface area contributed by atoms with Gasteiger partial charge >= 0.3 is 0 Å². The lowest BCUT2D eigenvalue weighted by atomic mass is 10.1. The van der Waals surface area contributed by atoms with Crippen LogP contribution in [-0.4, -0.2) is 42.1 Å². The first-order chi connectivity index (χ1) is 9.53. The molecular weight excluding hydrogens is 294 g/mol. The van der Waals surface area contributed by atoms with Gasteiger partial charge in [-0.15, -0.1) is 0 Å². The molecular formula is C13H15N3O2S2. The van der Waals surface area contributed by atoms with E-state index in [0.29, 0.717) is 5.17 Å². The van der Waals surface area contributed by atoms with E-state index in [0.717, 1.165) is 11.3 Å². The summed E-state index contributed by atoms with van der Waals surface area (Å²) >= 11 is 1.47. The van der Waals surface area contributed by atoms with Crippen molar-refractivity contribution in [2.24, 2.45) is 10.1 Å². The zero-order valence-electron chi connectivity index (χ0n) is 11.0. The highest BCUT2D eigenvalue weighted by Gasteiger charge is 2.42. The molecule has 20 heavy (non-hydrogen) atoms. The molecule has 0 bridgehead atoms. The van der Waals surface area contributed by atoms with E-state index in [-0.39, 0.29) is 22.8 Å². The van der Waals surface area contributed by atoms with Crippen LogP contribution in [0.2, 0.25) is 0 Å². The summed E-state index contributed by atoms with van der Waals surface area (Å²) in [5.41, 5.74) is 4.86. The van der Waals surface area contributed by atoms with Crippen molar-refractivity contribution in [3.05, 3.63) is 35.9 Å². The third-order valence-electron chi connectivity index (χ3n) is 3.33. The fourth-order valence-electron chi connectivity index (χ4n) is 2.29. The van der Waals surface area contributed by atoms with Gasteiger partial charge in [0.2, 0.25) is 0 Å². The van der Waals surface area contributed by atoms with Crippen LogP contribution in [0.5, 0.6) is 0 Å². The van der Waals surface area contributed by atoms with E-state index < -0.39 is 9.84 Å². The molecule has 1 aromatic rings. The van der Waals surface area contributed by atoms with E-state index in [9.17, 15) is 8.42 Å². The SMILES string of the molecule is C/C(=N/NC1=NC2CS(=O)(=O)CC2S1)c1ccccc1. The lowest BCUT2D eigenvalue weighted by Crippen LogP contribution is -2.17. The quantitative estimate of drug-likeness (QED) is 0.660. The molecule has 0 spiro atoms. The first kappa shape index (κ1) is 13.6. The van der Waals surface area contributed by atoms with Gasteiger partial charge in [0.15, 0.2) is 15.0 Å². The second-order valence-corrected chi connectivity index (χ2v) is 8.29. The number of aliphatic imine (C=N–C) groups is 1. The first-order valence-electron chi connectivity index (χ1n) is 6.34. The van der Waals surface area contributed by atoms with E-state index in [1.807, 2.05) is 37.3 Å². The summed E-state index contributed by atoms with van der Waals surface area (Å²) in [7, 11) is -2.89. The van der Waals surface area contributed by atoms with E-state index in [2.05, 4.69) is 15.5 Å². The number of hydrazone groups is 1. The standard InChI is InChI=1S/C13H15N3O2S2/c1-9(10-5-3-2-4-6-10)15-16-13-14-11-7-20(17,18)8-12(11)19-13/h2-6,11-12H,7-8H2,1H3,(H,14,16)/b15-9-. The fourth-order valence-corrected chi connectivity index (χ4v) is 5.88. The first-order valence-corrected chi connectivity index (χ1v) is 9.04. The van der Waals surface area contributed by atoms with Gasteiger partial charge in [-0.25, -0.2) is 8.42 Å². The molecule has 1 saturated heterocycles. The van der Waals surface area contributed by atoms with E-state index >= 15 is 0 Å². The third kappa shape index (κ3) is 2.88. The molecule has 2 unspecified atom stereocenters. The minimum Gasteiger partial charge on any atom is -0.256 e. The smallest absolute Gasteiger partial charge is 0.177 e. The van der Waals surface area contributed by atoms with Crippen LogP contribution in [-0.2, 0) is 9.84 Å². The minimum atomic E-state index is -2.89. The molecule has 0 radical (unpaired) electrons. The monoisotopic (exact) mass is 309 g/mol. The molecule has 3 rings (SSSR count). The zero-order valence-corrected chi connectivity index (χ0v) is 12.6. The Bertz CT molecular complexity index is 668. The van der Waals surface area contributed by atoms with Crippen molar-refractivity contribution in [3.8, 4) is 0 Å². The van der Waals surface area contributed by atoms with Gasteiger partial charge < -0.3 is 0 Å². The van der Waals surface area contributed by atoms with Gasteiger partial charge in [-0.05, 0) is 12.5 Å². The van der Waals surface area contributed by atoms with Crippen molar-refractivity contribution in [3.63, 3.8) is 0 Å². The van der Waals surface area contributed by atoms with E-state index in [4.69, 9.17) is 0 Å². The maximum atomic E-state index is 11.5. The molecule has 1 fully saturated rings. The molecule has 1 aromatic carbocycles. The highest BCUT2D eigenvalue weighted by atomic mass is 32.2. The van der Waals surface area contributed by atoms with E-state index in [1.165, 1.54) is 11.8 Å². The Morgan fingerprint density at radius 3 is 2.80 bits per heavy atom. The Morgan fingerprint density at radius 2 is 2.10 bits per heavy atom. The van der Waals surface area contributed by atoms with Crippen molar-refractivity contribution in [1.82, 2.24) is 5.43 Å². The molecule has 1 N–H and O–H groups in total. The highest BCUT2D eigenvalue weighted by molar-refractivity contribution is 8.15. The number of sulfone groups is 1. The molecule has 2 heterocycles. The largest absolute Gasteiger partial charge is 0.256 e. The number of nitrogens with zero attached hydrogens (tertiary/aromatic N) is 2. The van der Waals surface area contributed by atoms with Crippen LogP contribution in [0, 0.1) is 0 Å². The summed E-state index contributed by atoms with van der Waals surface area (Å²) in [5.74, 6) is 0.385. The number of hydrogen-bond acceptors (Lipinski definition) is 6.